The summed E-state index contributed by atoms with van der Waals surface area (Å²) < 4.78 is 32.6. The van der Waals surface area contributed by atoms with E-state index in [1.165, 1.54) is 0 Å². The van der Waals surface area contributed by atoms with Gasteiger partial charge in [0, 0.05) is 24.2 Å². The Morgan fingerprint density at radius 3 is 2.34 bits per heavy atom. The number of rotatable bonds is 4. The van der Waals surface area contributed by atoms with Crippen molar-refractivity contribution in [3.05, 3.63) is 53.7 Å². The summed E-state index contributed by atoms with van der Waals surface area (Å²) in [6.07, 6.45) is 6.03. The van der Waals surface area contributed by atoms with Crippen LogP contribution in [0.25, 0.3) is 10.9 Å². The monoisotopic (exact) mass is 431 g/mol. The molecule has 1 N–H and O–H groups in total. The van der Waals surface area contributed by atoms with Crippen molar-refractivity contribution < 1.29 is 18.1 Å². The van der Waals surface area contributed by atoms with Gasteiger partial charge in [-0.15, -0.1) is 0 Å². The summed E-state index contributed by atoms with van der Waals surface area (Å²) in [6, 6.07) is 12.0. The molecule has 1 aromatic heterocycles. The van der Waals surface area contributed by atoms with E-state index in [0.717, 1.165) is 55.4 Å². The van der Waals surface area contributed by atoms with Gasteiger partial charge in [-0.1, -0.05) is 24.4 Å². The van der Waals surface area contributed by atoms with E-state index in [0.29, 0.717) is 10.8 Å². The van der Waals surface area contributed by atoms with Crippen LogP contribution >= 0.6 is 11.6 Å². The maximum Gasteiger partial charge on any atom is 0.214 e. The lowest BCUT2D eigenvalue weighted by molar-refractivity contribution is -0.347. The first kappa shape index (κ1) is 20.0. The van der Waals surface area contributed by atoms with Gasteiger partial charge in [0.15, 0.2) is 11.1 Å². The topological polar surface area (TPSA) is 60.8 Å². The molecular formula is C22H24ClN2O3S+. The molecule has 29 heavy (non-hydrogen) atoms. The molecule has 7 heteroatoms. The van der Waals surface area contributed by atoms with E-state index in [4.69, 9.17) is 16.3 Å². The number of anilines is 1. The molecule has 0 saturated carbocycles. The van der Waals surface area contributed by atoms with Crippen LogP contribution in [0, 0.1) is 0 Å². The number of fused-ring (bicyclic) bond motifs is 1. The molecule has 0 amide bonds. The number of hydrogen-bond donors (Lipinski definition) is 0. The molecule has 1 aliphatic rings. The van der Waals surface area contributed by atoms with Crippen LogP contribution in [0.2, 0.25) is 5.02 Å². The van der Waals surface area contributed by atoms with Gasteiger partial charge in [0.2, 0.25) is 15.4 Å². The van der Waals surface area contributed by atoms with Crippen LogP contribution in [0.4, 0.5) is 5.69 Å². The quantitative estimate of drug-likeness (QED) is 0.608. The Morgan fingerprint density at radius 1 is 1.00 bits per heavy atom. The zero-order valence-corrected chi connectivity index (χ0v) is 17.9. The van der Waals surface area contributed by atoms with E-state index in [9.17, 15) is 8.42 Å². The fraction of sp³-hybridized carbons (Fsp3) is 0.318. The summed E-state index contributed by atoms with van der Waals surface area (Å²) in [5, 5.41) is 1.35. The van der Waals surface area contributed by atoms with Crippen LogP contribution in [0.3, 0.4) is 0 Å². The normalized spacial score (nSPS) is 15.3. The lowest BCUT2D eigenvalue weighted by Gasteiger charge is -2.25. The van der Waals surface area contributed by atoms with E-state index in [1.807, 2.05) is 18.2 Å². The Kier molecular flexibility index (Phi) is 5.65. The van der Waals surface area contributed by atoms with E-state index >= 15 is 0 Å². The van der Waals surface area contributed by atoms with Crippen molar-refractivity contribution in [3.8, 4) is 5.75 Å². The minimum Gasteiger partial charge on any atom is -0.497 e. The summed E-state index contributed by atoms with van der Waals surface area (Å²) in [6.45, 7) is 1.67. The van der Waals surface area contributed by atoms with Crippen LogP contribution in [-0.2, 0) is 9.84 Å². The summed E-state index contributed by atoms with van der Waals surface area (Å²) in [7, 11) is -2.12. The van der Waals surface area contributed by atoms with Gasteiger partial charge in [0.1, 0.15) is 5.75 Å². The van der Waals surface area contributed by atoms with E-state index in [2.05, 4.69) is 9.88 Å². The highest BCUT2D eigenvalue weighted by Crippen LogP contribution is 2.37. The number of nitrogens with one attached hydrogen (secondary N) is 1. The number of H-pyrrole nitrogens is 1. The van der Waals surface area contributed by atoms with Gasteiger partial charge in [-0.25, -0.2) is 13.4 Å². The molecule has 2 heterocycles. The first-order chi connectivity index (χ1) is 14.0. The molecule has 2 aromatic carbocycles. The van der Waals surface area contributed by atoms with Crippen LogP contribution in [-0.4, -0.2) is 28.6 Å². The van der Waals surface area contributed by atoms with Crippen molar-refractivity contribution >= 4 is 38.0 Å². The molecule has 0 aliphatic carbocycles. The number of nitrogens with zero attached hydrogens (tertiary/aromatic N) is 1. The number of halogens is 1. The molecule has 1 fully saturated rings. The van der Waals surface area contributed by atoms with Crippen LogP contribution in [0.15, 0.2) is 58.5 Å². The zero-order chi connectivity index (χ0) is 20.4. The van der Waals surface area contributed by atoms with Crippen molar-refractivity contribution in [3.63, 3.8) is 0 Å². The van der Waals surface area contributed by atoms with Crippen LogP contribution < -0.4 is 14.6 Å². The second kappa shape index (κ2) is 8.20. The molecule has 0 unspecified atom stereocenters. The zero-order valence-electron chi connectivity index (χ0n) is 16.3. The molecule has 5 nitrogen and oxygen atoms in total. The lowest BCUT2D eigenvalue weighted by Crippen LogP contribution is -2.27. The van der Waals surface area contributed by atoms with Crippen LogP contribution in [0.5, 0.6) is 5.75 Å². The second-order valence-corrected chi connectivity index (χ2v) is 9.63. The number of sulfone groups is 1. The molecule has 1 saturated heterocycles. The number of pyridine rings is 1. The predicted octanol–water partition coefficient (Wildman–Crippen LogP) is 4.53. The first-order valence-corrected chi connectivity index (χ1v) is 11.6. The number of methoxy groups -OCH3 is 1. The second-order valence-electron chi connectivity index (χ2n) is 7.27. The third-order valence-corrected chi connectivity index (χ3v) is 7.44. The third-order valence-electron chi connectivity index (χ3n) is 5.41. The van der Waals surface area contributed by atoms with Gasteiger partial charge in [0.05, 0.1) is 23.1 Å². The average molecular weight is 432 g/mol. The highest BCUT2D eigenvalue weighted by molar-refractivity contribution is 7.91. The van der Waals surface area contributed by atoms with Gasteiger partial charge >= 0.3 is 0 Å². The van der Waals surface area contributed by atoms with Crippen molar-refractivity contribution in [1.82, 2.24) is 0 Å². The lowest BCUT2D eigenvalue weighted by atomic mass is 10.1. The maximum absolute atomic E-state index is 13.6. The first-order valence-electron chi connectivity index (χ1n) is 9.79. The average Bonchev–Trinajstić information content (AvgIpc) is 3.02. The van der Waals surface area contributed by atoms with Crippen molar-refractivity contribution in [1.29, 1.82) is 0 Å². The van der Waals surface area contributed by atoms with Gasteiger partial charge in [0.25, 0.3) is 0 Å². The molecule has 4 rings (SSSR count). The Bertz CT molecular complexity index is 1120. The minimum absolute atomic E-state index is 0.230. The maximum atomic E-state index is 13.6. The number of aromatic amines is 1. The van der Waals surface area contributed by atoms with E-state index < -0.39 is 9.84 Å². The van der Waals surface area contributed by atoms with Gasteiger partial charge in [-0.2, -0.15) is 0 Å². The fourth-order valence-electron chi connectivity index (χ4n) is 3.88. The van der Waals surface area contributed by atoms with Crippen molar-refractivity contribution in [2.75, 3.05) is 25.1 Å². The number of aromatic nitrogens is 1. The Morgan fingerprint density at radius 2 is 1.69 bits per heavy atom. The molecule has 0 spiro atoms. The molecule has 0 bridgehead atoms. The van der Waals surface area contributed by atoms with E-state index in [1.54, 1.807) is 37.6 Å². The molecule has 0 radical (unpaired) electrons. The number of ether oxygens (including phenoxy) is 1. The van der Waals surface area contributed by atoms with Gasteiger partial charge in [-0.3, -0.25) is 0 Å². The molecule has 0 atom stereocenters. The highest BCUT2D eigenvalue weighted by Gasteiger charge is 2.30. The Balaban J connectivity index is 1.97. The van der Waals surface area contributed by atoms with Crippen molar-refractivity contribution in [2.24, 2.45) is 0 Å². The summed E-state index contributed by atoms with van der Waals surface area (Å²) in [5.74, 6) is 0.697. The highest BCUT2D eigenvalue weighted by atomic mass is 35.5. The third kappa shape index (κ3) is 3.91. The predicted molar refractivity (Wildman–Crippen MR) is 115 cm³/mol. The summed E-state index contributed by atoms with van der Waals surface area (Å²) >= 11 is 5.97. The minimum atomic E-state index is -3.73. The Hall–Kier alpha value is -2.31. The summed E-state index contributed by atoms with van der Waals surface area (Å²) in [4.78, 5) is 5.89. The van der Waals surface area contributed by atoms with Crippen molar-refractivity contribution in [2.45, 2.75) is 35.5 Å². The molecule has 1 aliphatic heterocycles. The van der Waals surface area contributed by atoms with Gasteiger partial charge < -0.3 is 9.64 Å². The fourth-order valence-corrected chi connectivity index (χ4v) is 5.46. The smallest absolute Gasteiger partial charge is 0.214 e. The molecule has 152 valence electrons. The largest absolute Gasteiger partial charge is 0.497 e. The molecule has 3 aromatic rings. The Labute approximate surface area is 176 Å². The van der Waals surface area contributed by atoms with Gasteiger partial charge in [-0.05, 0) is 49.2 Å². The van der Waals surface area contributed by atoms with E-state index in [-0.39, 0.29) is 9.79 Å². The number of hydrogen-bond acceptors (Lipinski definition) is 4. The standard InChI is InChI=1S/C22H23ClN2O3S/c1-28-17-8-11-20-19(14-17)22(25-12-4-2-3-5-13-25)21(15-24-20)29(26,27)18-9-6-16(23)7-10-18/h6-11,14-15H,2-5,12-13H2,1H3/p+1. The molecular weight excluding hydrogens is 408 g/mol. The SMILES string of the molecule is COc1ccc2[nH+]cc(S(=O)(=O)c3ccc(Cl)cc3)c(N3CCCCCC3)c2c1. The van der Waals surface area contributed by atoms with Crippen LogP contribution in [0.1, 0.15) is 25.7 Å². The summed E-state index contributed by atoms with van der Waals surface area (Å²) in [5.41, 5.74) is 1.62. The number of benzene rings is 2.